The maximum Gasteiger partial charge on any atom is 0.229 e. The van der Waals surface area contributed by atoms with Crippen LogP contribution in [0.25, 0.3) is 0 Å². The molecule has 1 aliphatic rings. The van der Waals surface area contributed by atoms with Crippen LogP contribution >= 0.6 is 0 Å². The van der Waals surface area contributed by atoms with Crippen molar-refractivity contribution in [3.8, 4) is 0 Å². The molecule has 0 fully saturated rings. The highest BCUT2D eigenvalue weighted by Crippen LogP contribution is 2.36. The Kier molecular flexibility index (Phi) is 3.33. The summed E-state index contributed by atoms with van der Waals surface area (Å²) in [5, 5.41) is 2.99. The first kappa shape index (κ1) is 13.5. The topological polar surface area (TPSA) is 32.3 Å². The van der Waals surface area contributed by atoms with E-state index >= 15 is 0 Å². The van der Waals surface area contributed by atoms with Gasteiger partial charge in [0.15, 0.2) is 0 Å². The summed E-state index contributed by atoms with van der Waals surface area (Å²) in [5.41, 5.74) is 1.91. The molecule has 108 valence electrons. The van der Waals surface area contributed by atoms with Crippen molar-refractivity contribution < 1.29 is 13.6 Å². The Morgan fingerprint density at radius 3 is 2.71 bits per heavy atom. The summed E-state index contributed by atoms with van der Waals surface area (Å²) in [6.45, 7) is 0. The van der Waals surface area contributed by atoms with E-state index < -0.39 is 11.6 Å². The van der Waals surface area contributed by atoms with Gasteiger partial charge in [0.1, 0.15) is 11.6 Å². The van der Waals surface area contributed by atoms with Crippen molar-refractivity contribution in [2.24, 2.45) is 0 Å². The Morgan fingerprint density at radius 1 is 1.19 bits per heavy atom. The molecule has 0 bridgehead atoms. The SMILES string of the molecule is CN1C(=O)CC(Nc2ccc(F)cc2F)c2ccccc21. The minimum absolute atomic E-state index is 0.0475. The standard InChI is InChI=1S/C16H14F2N2O/c1-20-15-5-3-2-4-11(15)14(9-16(20)21)19-13-7-6-10(17)8-12(13)18/h2-8,14,19H,9H2,1H3. The zero-order chi connectivity index (χ0) is 15.0. The van der Waals surface area contributed by atoms with Gasteiger partial charge >= 0.3 is 0 Å². The molecule has 3 nitrogen and oxygen atoms in total. The highest BCUT2D eigenvalue weighted by atomic mass is 19.1. The largest absolute Gasteiger partial charge is 0.375 e. The summed E-state index contributed by atoms with van der Waals surface area (Å²) < 4.78 is 26.7. The van der Waals surface area contributed by atoms with E-state index in [0.29, 0.717) is 0 Å². The predicted molar refractivity (Wildman–Crippen MR) is 77.2 cm³/mol. The van der Waals surface area contributed by atoms with Gasteiger partial charge < -0.3 is 10.2 Å². The van der Waals surface area contributed by atoms with Gasteiger partial charge in [-0.1, -0.05) is 18.2 Å². The van der Waals surface area contributed by atoms with Gasteiger partial charge in [-0.3, -0.25) is 4.79 Å². The van der Waals surface area contributed by atoms with E-state index in [1.165, 1.54) is 12.1 Å². The van der Waals surface area contributed by atoms with Gasteiger partial charge in [0.05, 0.1) is 18.2 Å². The molecule has 0 spiro atoms. The quantitative estimate of drug-likeness (QED) is 0.917. The molecule has 1 N–H and O–H groups in total. The fraction of sp³-hybridized carbons (Fsp3) is 0.188. The molecule has 1 unspecified atom stereocenters. The zero-order valence-electron chi connectivity index (χ0n) is 11.4. The van der Waals surface area contributed by atoms with E-state index in [1.807, 2.05) is 24.3 Å². The third kappa shape index (κ3) is 2.46. The minimum Gasteiger partial charge on any atom is -0.375 e. The van der Waals surface area contributed by atoms with E-state index in [-0.39, 0.29) is 24.1 Å². The van der Waals surface area contributed by atoms with E-state index in [9.17, 15) is 13.6 Å². The summed E-state index contributed by atoms with van der Waals surface area (Å²) in [4.78, 5) is 13.6. The molecule has 3 rings (SSSR count). The van der Waals surface area contributed by atoms with Gasteiger partial charge in [-0.2, -0.15) is 0 Å². The van der Waals surface area contributed by atoms with Gasteiger partial charge in [0.2, 0.25) is 5.91 Å². The Labute approximate surface area is 121 Å². The number of carbonyl (C=O) groups excluding carboxylic acids is 1. The fourth-order valence-corrected chi connectivity index (χ4v) is 2.57. The average Bonchev–Trinajstić information content (AvgIpc) is 2.47. The summed E-state index contributed by atoms with van der Waals surface area (Å²) >= 11 is 0. The van der Waals surface area contributed by atoms with E-state index in [4.69, 9.17) is 0 Å². The number of hydrogen-bond acceptors (Lipinski definition) is 2. The number of para-hydroxylation sites is 1. The second-order valence-electron chi connectivity index (χ2n) is 5.04. The molecule has 1 aliphatic heterocycles. The number of carbonyl (C=O) groups is 1. The van der Waals surface area contributed by atoms with Crippen LogP contribution in [0.4, 0.5) is 20.2 Å². The highest BCUT2D eigenvalue weighted by molar-refractivity contribution is 5.97. The van der Waals surface area contributed by atoms with Gasteiger partial charge in [-0.15, -0.1) is 0 Å². The first-order valence-corrected chi connectivity index (χ1v) is 6.63. The van der Waals surface area contributed by atoms with Crippen molar-refractivity contribution in [1.82, 2.24) is 0 Å². The van der Waals surface area contributed by atoms with Gasteiger partial charge in [0.25, 0.3) is 0 Å². The summed E-state index contributed by atoms with van der Waals surface area (Å²) in [7, 11) is 1.72. The lowest BCUT2D eigenvalue weighted by Gasteiger charge is -2.32. The van der Waals surface area contributed by atoms with Crippen LogP contribution < -0.4 is 10.2 Å². The first-order chi connectivity index (χ1) is 10.1. The van der Waals surface area contributed by atoms with Crippen molar-refractivity contribution in [2.75, 3.05) is 17.3 Å². The highest BCUT2D eigenvalue weighted by Gasteiger charge is 2.29. The maximum atomic E-state index is 13.8. The van der Waals surface area contributed by atoms with Crippen molar-refractivity contribution in [3.05, 3.63) is 59.7 Å². The van der Waals surface area contributed by atoms with Crippen LogP contribution in [0.2, 0.25) is 0 Å². The molecule has 1 heterocycles. The number of halogens is 2. The first-order valence-electron chi connectivity index (χ1n) is 6.63. The molecule has 5 heteroatoms. The van der Waals surface area contributed by atoms with Gasteiger partial charge in [-0.05, 0) is 23.8 Å². The van der Waals surface area contributed by atoms with Crippen LogP contribution in [-0.2, 0) is 4.79 Å². The van der Waals surface area contributed by atoms with Crippen LogP contribution in [0.3, 0.4) is 0 Å². The Bertz CT molecular complexity index is 702. The predicted octanol–water partition coefficient (Wildman–Crippen LogP) is 3.48. The van der Waals surface area contributed by atoms with Crippen LogP contribution in [0.15, 0.2) is 42.5 Å². The lowest BCUT2D eigenvalue weighted by molar-refractivity contribution is -0.118. The smallest absolute Gasteiger partial charge is 0.229 e. The van der Waals surface area contributed by atoms with E-state index in [2.05, 4.69) is 5.32 Å². The molecule has 0 aromatic heterocycles. The number of rotatable bonds is 2. The second-order valence-corrected chi connectivity index (χ2v) is 5.04. The van der Waals surface area contributed by atoms with Crippen molar-refractivity contribution >= 4 is 17.3 Å². The van der Waals surface area contributed by atoms with Crippen molar-refractivity contribution in [3.63, 3.8) is 0 Å². The lowest BCUT2D eigenvalue weighted by atomic mass is 9.96. The van der Waals surface area contributed by atoms with Crippen molar-refractivity contribution in [1.29, 1.82) is 0 Å². The van der Waals surface area contributed by atoms with Crippen LogP contribution in [0, 0.1) is 11.6 Å². The molecular weight excluding hydrogens is 274 g/mol. The number of amides is 1. The Morgan fingerprint density at radius 2 is 1.95 bits per heavy atom. The molecule has 0 aliphatic carbocycles. The van der Waals surface area contributed by atoms with Gasteiger partial charge in [0, 0.05) is 18.8 Å². The number of hydrogen-bond donors (Lipinski definition) is 1. The Hall–Kier alpha value is -2.43. The normalized spacial score (nSPS) is 17.6. The maximum absolute atomic E-state index is 13.8. The zero-order valence-corrected chi connectivity index (χ0v) is 11.4. The van der Waals surface area contributed by atoms with Gasteiger partial charge in [-0.25, -0.2) is 8.78 Å². The molecule has 0 radical (unpaired) electrons. The van der Waals surface area contributed by atoms with Crippen LogP contribution in [-0.4, -0.2) is 13.0 Å². The summed E-state index contributed by atoms with van der Waals surface area (Å²) in [6.07, 6.45) is 0.227. The van der Waals surface area contributed by atoms with E-state index in [0.717, 1.165) is 17.3 Å². The number of nitrogens with zero attached hydrogens (tertiary/aromatic N) is 1. The lowest BCUT2D eigenvalue weighted by Crippen LogP contribution is -2.35. The summed E-state index contributed by atoms with van der Waals surface area (Å²) in [5.74, 6) is -1.34. The minimum atomic E-state index is -0.668. The molecule has 1 atom stereocenters. The summed E-state index contributed by atoms with van der Waals surface area (Å²) in [6, 6.07) is 10.5. The molecular formula is C16H14F2N2O. The number of nitrogens with one attached hydrogen (secondary N) is 1. The number of anilines is 2. The Balaban J connectivity index is 1.96. The molecule has 2 aromatic rings. The fourth-order valence-electron chi connectivity index (χ4n) is 2.57. The number of fused-ring (bicyclic) bond motifs is 1. The number of benzene rings is 2. The van der Waals surface area contributed by atoms with Crippen LogP contribution in [0.1, 0.15) is 18.0 Å². The van der Waals surface area contributed by atoms with Crippen molar-refractivity contribution in [2.45, 2.75) is 12.5 Å². The average molecular weight is 288 g/mol. The van der Waals surface area contributed by atoms with Crippen LogP contribution in [0.5, 0.6) is 0 Å². The molecule has 0 saturated carbocycles. The molecule has 2 aromatic carbocycles. The monoisotopic (exact) mass is 288 g/mol. The molecule has 21 heavy (non-hydrogen) atoms. The van der Waals surface area contributed by atoms with E-state index in [1.54, 1.807) is 11.9 Å². The third-order valence-corrected chi connectivity index (χ3v) is 3.69. The molecule has 0 saturated heterocycles. The second kappa shape index (κ2) is 5.16. The molecule has 1 amide bonds. The third-order valence-electron chi connectivity index (χ3n) is 3.69.